The highest BCUT2D eigenvalue weighted by atomic mass is 16.5. The van der Waals surface area contributed by atoms with Crippen LogP contribution in [-0.4, -0.2) is 28.8 Å². The summed E-state index contributed by atoms with van der Waals surface area (Å²) >= 11 is 0. The van der Waals surface area contributed by atoms with Gasteiger partial charge in [0.05, 0.1) is 18.2 Å². The van der Waals surface area contributed by atoms with Gasteiger partial charge in [-0.2, -0.15) is 0 Å². The number of ketones is 1. The van der Waals surface area contributed by atoms with Crippen molar-refractivity contribution in [1.29, 1.82) is 0 Å². The van der Waals surface area contributed by atoms with E-state index in [0.717, 1.165) is 11.4 Å². The first-order valence-electron chi connectivity index (χ1n) is 5.29. The van der Waals surface area contributed by atoms with Gasteiger partial charge in [-0.15, -0.1) is 0 Å². The number of hydrogen-bond acceptors (Lipinski definition) is 4. The number of hydrogen-bond donors (Lipinski definition) is 1. The Morgan fingerprint density at radius 1 is 1.44 bits per heavy atom. The molecule has 3 rings (SSSR count). The predicted molar refractivity (Wildman–Crippen MR) is 57.9 cm³/mol. The van der Waals surface area contributed by atoms with Gasteiger partial charge < -0.3 is 9.84 Å². The molecule has 0 radical (unpaired) electrons. The quantitative estimate of drug-likeness (QED) is 0.655. The van der Waals surface area contributed by atoms with Gasteiger partial charge in [-0.1, -0.05) is 6.08 Å². The smallest absolute Gasteiger partial charge is 0.159 e. The molecule has 0 aromatic carbocycles. The molecule has 1 heterocycles. The van der Waals surface area contributed by atoms with Crippen LogP contribution < -0.4 is 0 Å². The Morgan fingerprint density at radius 3 is 3.19 bits per heavy atom. The summed E-state index contributed by atoms with van der Waals surface area (Å²) in [5.74, 6) is 0.643. The summed E-state index contributed by atoms with van der Waals surface area (Å²) in [6.07, 6.45) is 6.84. The van der Waals surface area contributed by atoms with Crippen LogP contribution in [-0.2, 0) is 9.53 Å². The van der Waals surface area contributed by atoms with E-state index in [0.29, 0.717) is 18.6 Å². The number of ether oxygens (including phenoxy) is 1. The SMILES string of the molecule is O=C1C=CC2=NC3=CCC(O)C=C3OC2C1. The molecule has 2 atom stereocenters. The van der Waals surface area contributed by atoms with E-state index in [4.69, 9.17) is 4.74 Å². The van der Waals surface area contributed by atoms with Gasteiger partial charge in [0, 0.05) is 0 Å². The van der Waals surface area contributed by atoms with Gasteiger partial charge in [-0.3, -0.25) is 4.79 Å². The second-order valence-electron chi connectivity index (χ2n) is 4.07. The molecule has 4 heteroatoms. The molecule has 2 aliphatic carbocycles. The molecule has 1 aliphatic heterocycles. The maximum Gasteiger partial charge on any atom is 0.159 e. The third-order valence-electron chi connectivity index (χ3n) is 2.82. The van der Waals surface area contributed by atoms with Gasteiger partial charge in [0.25, 0.3) is 0 Å². The average molecular weight is 217 g/mol. The number of fused-ring (bicyclic) bond motifs is 2. The number of allylic oxidation sites excluding steroid dienone is 1. The van der Waals surface area contributed by atoms with E-state index >= 15 is 0 Å². The minimum atomic E-state index is -0.509. The molecule has 0 aromatic rings. The highest BCUT2D eigenvalue weighted by Gasteiger charge is 2.30. The number of aliphatic imine (C=N–C) groups is 1. The van der Waals surface area contributed by atoms with Crippen LogP contribution >= 0.6 is 0 Å². The van der Waals surface area contributed by atoms with E-state index in [1.165, 1.54) is 6.08 Å². The zero-order valence-electron chi connectivity index (χ0n) is 8.59. The largest absolute Gasteiger partial charge is 0.482 e. The van der Waals surface area contributed by atoms with Crippen LogP contribution in [0.15, 0.2) is 40.8 Å². The fourth-order valence-corrected chi connectivity index (χ4v) is 2.01. The highest BCUT2D eigenvalue weighted by Crippen LogP contribution is 2.29. The number of aliphatic hydroxyl groups excluding tert-OH is 1. The number of nitrogens with zero attached hydrogens (tertiary/aromatic N) is 1. The predicted octanol–water partition coefficient (Wildman–Crippen LogP) is 0.888. The minimum Gasteiger partial charge on any atom is -0.482 e. The lowest BCUT2D eigenvalue weighted by atomic mass is 9.98. The van der Waals surface area contributed by atoms with Crippen LogP contribution in [0.1, 0.15) is 12.8 Å². The molecule has 0 aromatic heterocycles. The van der Waals surface area contributed by atoms with Crippen LogP contribution in [0.25, 0.3) is 0 Å². The maximum absolute atomic E-state index is 11.2. The summed E-state index contributed by atoms with van der Waals surface area (Å²) in [4.78, 5) is 15.7. The molecular formula is C12H11NO3. The Morgan fingerprint density at radius 2 is 2.31 bits per heavy atom. The summed E-state index contributed by atoms with van der Waals surface area (Å²) in [6, 6.07) is 0. The fraction of sp³-hybridized carbons (Fsp3) is 0.333. The maximum atomic E-state index is 11.2. The Labute approximate surface area is 92.6 Å². The van der Waals surface area contributed by atoms with Crippen molar-refractivity contribution in [3.8, 4) is 0 Å². The lowest BCUT2D eigenvalue weighted by molar-refractivity contribution is -0.116. The van der Waals surface area contributed by atoms with Gasteiger partial charge >= 0.3 is 0 Å². The van der Waals surface area contributed by atoms with Gasteiger partial charge in [0.2, 0.25) is 0 Å². The van der Waals surface area contributed by atoms with Crippen molar-refractivity contribution < 1.29 is 14.6 Å². The number of carbonyl (C=O) groups excluding carboxylic acids is 1. The van der Waals surface area contributed by atoms with Crippen LogP contribution in [0.2, 0.25) is 0 Å². The van der Waals surface area contributed by atoms with E-state index in [1.807, 2.05) is 6.08 Å². The Hall–Kier alpha value is -1.68. The molecular weight excluding hydrogens is 206 g/mol. The van der Waals surface area contributed by atoms with E-state index in [1.54, 1.807) is 12.2 Å². The molecule has 0 bridgehead atoms. The first-order valence-corrected chi connectivity index (χ1v) is 5.29. The zero-order valence-corrected chi connectivity index (χ0v) is 8.59. The molecule has 0 fully saturated rings. The summed E-state index contributed by atoms with van der Waals surface area (Å²) in [6.45, 7) is 0. The van der Waals surface area contributed by atoms with Crippen LogP contribution in [0.5, 0.6) is 0 Å². The monoisotopic (exact) mass is 217 g/mol. The summed E-state index contributed by atoms with van der Waals surface area (Å²) < 4.78 is 5.67. The van der Waals surface area contributed by atoms with Crippen molar-refractivity contribution in [3.05, 3.63) is 35.8 Å². The summed E-state index contributed by atoms with van der Waals surface area (Å²) in [7, 11) is 0. The Bertz CT molecular complexity index is 471. The van der Waals surface area contributed by atoms with Crippen molar-refractivity contribution in [3.63, 3.8) is 0 Å². The zero-order chi connectivity index (χ0) is 11.1. The summed E-state index contributed by atoms with van der Waals surface area (Å²) in [5.41, 5.74) is 1.55. The van der Waals surface area contributed by atoms with Crippen molar-refractivity contribution in [2.75, 3.05) is 0 Å². The first-order chi connectivity index (χ1) is 7.72. The molecule has 3 aliphatic rings. The number of carbonyl (C=O) groups is 1. The van der Waals surface area contributed by atoms with Crippen molar-refractivity contribution in [2.45, 2.75) is 25.0 Å². The molecule has 0 saturated heterocycles. The van der Waals surface area contributed by atoms with E-state index in [2.05, 4.69) is 4.99 Å². The van der Waals surface area contributed by atoms with Crippen LogP contribution in [0.3, 0.4) is 0 Å². The minimum absolute atomic E-state index is 0.0494. The number of rotatable bonds is 0. The van der Waals surface area contributed by atoms with E-state index in [-0.39, 0.29) is 11.9 Å². The normalized spacial score (nSPS) is 31.8. The van der Waals surface area contributed by atoms with Crippen LogP contribution in [0.4, 0.5) is 0 Å². The van der Waals surface area contributed by atoms with Gasteiger partial charge in [-0.05, 0) is 24.6 Å². The second-order valence-corrected chi connectivity index (χ2v) is 4.07. The highest BCUT2D eigenvalue weighted by molar-refractivity contribution is 6.10. The molecule has 4 nitrogen and oxygen atoms in total. The van der Waals surface area contributed by atoms with Crippen molar-refractivity contribution in [1.82, 2.24) is 0 Å². The van der Waals surface area contributed by atoms with Gasteiger partial charge in [0.1, 0.15) is 17.6 Å². The molecule has 82 valence electrons. The van der Waals surface area contributed by atoms with Crippen LogP contribution in [0, 0.1) is 0 Å². The molecule has 0 saturated carbocycles. The third-order valence-corrected chi connectivity index (χ3v) is 2.82. The lowest BCUT2D eigenvalue weighted by Gasteiger charge is -2.29. The summed E-state index contributed by atoms with van der Waals surface area (Å²) in [5, 5.41) is 9.47. The molecule has 0 amide bonds. The van der Waals surface area contributed by atoms with Gasteiger partial charge in [-0.25, -0.2) is 4.99 Å². The topological polar surface area (TPSA) is 58.9 Å². The third kappa shape index (κ3) is 1.51. The average Bonchev–Trinajstić information content (AvgIpc) is 2.26. The lowest BCUT2D eigenvalue weighted by Crippen LogP contribution is -2.33. The number of aliphatic hydroxyl groups is 1. The molecule has 0 spiro atoms. The van der Waals surface area contributed by atoms with Crippen molar-refractivity contribution >= 4 is 11.5 Å². The second kappa shape index (κ2) is 3.42. The van der Waals surface area contributed by atoms with E-state index in [9.17, 15) is 9.90 Å². The van der Waals surface area contributed by atoms with E-state index < -0.39 is 6.10 Å². The first kappa shape index (κ1) is 9.54. The molecule has 1 N–H and O–H groups in total. The standard InChI is InChI=1S/C12H11NO3/c14-7-1-3-9-11(5-7)16-12-6-8(15)2-4-10(12)13-9/h1,3-4,6,8,11,15H,2,5H2. The Kier molecular flexibility index (Phi) is 2.04. The molecule has 2 unspecified atom stereocenters. The molecule has 16 heavy (non-hydrogen) atoms. The fourth-order valence-electron chi connectivity index (χ4n) is 2.01. The van der Waals surface area contributed by atoms with Gasteiger partial charge in [0.15, 0.2) is 5.78 Å². The van der Waals surface area contributed by atoms with Crippen molar-refractivity contribution in [2.24, 2.45) is 4.99 Å². The Balaban J connectivity index is 2.00.